The number of anilines is 1. The van der Waals surface area contributed by atoms with Crippen molar-refractivity contribution in [1.82, 2.24) is 9.59 Å². The van der Waals surface area contributed by atoms with Crippen molar-refractivity contribution < 1.29 is 22.7 Å². The van der Waals surface area contributed by atoms with E-state index >= 15 is 0 Å². The van der Waals surface area contributed by atoms with E-state index in [2.05, 4.69) is 9.59 Å². The van der Waals surface area contributed by atoms with E-state index in [-0.39, 0.29) is 5.78 Å². The summed E-state index contributed by atoms with van der Waals surface area (Å²) in [4.78, 5) is 24.8. The molecule has 8 nitrogen and oxygen atoms in total. The number of ketones is 1. The molecule has 2 aromatic rings. The monoisotopic (exact) mass is 409 g/mol. The molecule has 144 valence electrons. The minimum absolute atomic E-state index is 0.305. The van der Waals surface area contributed by atoms with Gasteiger partial charge in [0.25, 0.3) is 0 Å². The number of carbonyl (C=O) groups excluding carboxylic acids is 2. The molecule has 10 heteroatoms. The predicted octanol–water partition coefficient (Wildman–Crippen LogP) is 1.85. The summed E-state index contributed by atoms with van der Waals surface area (Å²) < 4.78 is 34.0. The third kappa shape index (κ3) is 4.16. The Hall–Kier alpha value is -2.33. The molecule has 0 radical (unpaired) electrons. The van der Waals surface area contributed by atoms with Crippen LogP contribution in [0.15, 0.2) is 18.2 Å². The van der Waals surface area contributed by atoms with Gasteiger partial charge in [0.15, 0.2) is 17.3 Å². The summed E-state index contributed by atoms with van der Waals surface area (Å²) in [5.74, 6) is -0.963. The van der Waals surface area contributed by atoms with Crippen LogP contribution in [0.5, 0.6) is 0 Å². The third-order valence-electron chi connectivity index (χ3n) is 4.29. The molecule has 0 spiro atoms. The Balaban J connectivity index is 1.72. The van der Waals surface area contributed by atoms with Crippen LogP contribution >= 0.6 is 11.5 Å². The number of aromatic nitrogens is 2. The van der Waals surface area contributed by atoms with Gasteiger partial charge in [-0.2, -0.15) is 0 Å². The number of aryl methyl sites for hydroxylation is 2. The lowest BCUT2D eigenvalue weighted by atomic mass is 9.99. The van der Waals surface area contributed by atoms with Crippen LogP contribution in [0, 0.1) is 0 Å². The molecule has 0 bridgehead atoms. The number of hydrogen-bond donors (Lipinski definition) is 0. The summed E-state index contributed by atoms with van der Waals surface area (Å²) in [6.07, 6.45) is 3.09. The second kappa shape index (κ2) is 7.73. The first-order valence-corrected chi connectivity index (χ1v) is 11.1. The molecule has 0 amide bonds. The van der Waals surface area contributed by atoms with Gasteiger partial charge in [-0.1, -0.05) is 11.4 Å². The van der Waals surface area contributed by atoms with Gasteiger partial charge in [0, 0.05) is 12.1 Å². The molecule has 1 aromatic heterocycles. The van der Waals surface area contributed by atoms with Gasteiger partial charge in [-0.15, -0.1) is 5.10 Å². The second-order valence-corrected chi connectivity index (χ2v) is 8.84. The fourth-order valence-electron chi connectivity index (χ4n) is 2.96. The molecule has 3 rings (SSSR count). The van der Waals surface area contributed by atoms with E-state index in [1.54, 1.807) is 18.2 Å². The molecule has 0 saturated heterocycles. The summed E-state index contributed by atoms with van der Waals surface area (Å²) in [5.41, 5.74) is 2.33. The van der Waals surface area contributed by atoms with Crippen molar-refractivity contribution in [1.29, 1.82) is 0 Å². The van der Waals surface area contributed by atoms with E-state index in [1.807, 2.05) is 6.92 Å². The largest absolute Gasteiger partial charge is 0.453 e. The summed E-state index contributed by atoms with van der Waals surface area (Å²) in [6, 6.07) is 4.87. The number of benzene rings is 1. The number of nitrogens with zero attached hydrogens (tertiary/aromatic N) is 3. The number of Topliss-reactive ketones (excluding diaryl/α,β-unsaturated/α-hetero) is 1. The first-order chi connectivity index (χ1) is 12.8. The number of sulfonamides is 1. The SMILES string of the molecule is CCc1nnsc1C(=O)OCC(=O)c1ccc2c(c1)CCCN2S(C)(=O)=O. The number of esters is 1. The van der Waals surface area contributed by atoms with Crippen molar-refractivity contribution in [2.75, 3.05) is 23.7 Å². The van der Waals surface area contributed by atoms with Gasteiger partial charge in [0.1, 0.15) is 0 Å². The first-order valence-electron chi connectivity index (χ1n) is 8.43. The zero-order valence-electron chi connectivity index (χ0n) is 15.0. The van der Waals surface area contributed by atoms with Crippen molar-refractivity contribution >= 4 is 39.0 Å². The van der Waals surface area contributed by atoms with Crippen molar-refractivity contribution in [3.8, 4) is 0 Å². The molecule has 0 fully saturated rings. The van der Waals surface area contributed by atoms with Gasteiger partial charge >= 0.3 is 5.97 Å². The lowest BCUT2D eigenvalue weighted by Crippen LogP contribution is -2.34. The average molecular weight is 409 g/mol. The number of fused-ring (bicyclic) bond motifs is 1. The number of rotatable bonds is 6. The Morgan fingerprint density at radius 3 is 2.81 bits per heavy atom. The standard InChI is InChI=1S/C17H19N3O5S2/c1-3-13-16(26-19-18-13)17(22)25-10-15(21)12-6-7-14-11(9-12)5-4-8-20(14)27(2,23)24/h6-7,9H,3-5,8,10H2,1-2H3. The van der Waals surface area contributed by atoms with Crippen molar-refractivity contribution in [2.45, 2.75) is 26.2 Å². The Morgan fingerprint density at radius 2 is 2.11 bits per heavy atom. The van der Waals surface area contributed by atoms with Crippen LogP contribution in [0.25, 0.3) is 0 Å². The molecular formula is C17H19N3O5S2. The molecule has 1 aliphatic rings. The van der Waals surface area contributed by atoms with Crippen LogP contribution in [-0.4, -0.2) is 49.2 Å². The fraction of sp³-hybridized carbons (Fsp3) is 0.412. The highest BCUT2D eigenvalue weighted by Gasteiger charge is 2.25. The number of hydrogen-bond acceptors (Lipinski definition) is 8. The van der Waals surface area contributed by atoms with Crippen LogP contribution in [0.4, 0.5) is 5.69 Å². The smallest absolute Gasteiger partial charge is 0.352 e. The van der Waals surface area contributed by atoms with E-state index < -0.39 is 22.6 Å². The Bertz CT molecular complexity index is 984. The highest BCUT2D eigenvalue weighted by Crippen LogP contribution is 2.30. The van der Waals surface area contributed by atoms with E-state index in [4.69, 9.17) is 4.74 Å². The van der Waals surface area contributed by atoms with E-state index in [0.717, 1.165) is 17.1 Å². The van der Waals surface area contributed by atoms with E-state index in [1.165, 1.54) is 10.6 Å². The summed E-state index contributed by atoms with van der Waals surface area (Å²) in [6.45, 7) is 1.89. The molecule has 0 atom stereocenters. The molecule has 0 saturated carbocycles. The quantitative estimate of drug-likeness (QED) is 0.529. The highest BCUT2D eigenvalue weighted by molar-refractivity contribution is 7.92. The van der Waals surface area contributed by atoms with Gasteiger partial charge in [-0.25, -0.2) is 13.2 Å². The molecule has 1 aromatic carbocycles. The van der Waals surface area contributed by atoms with Gasteiger partial charge in [0.05, 0.1) is 17.6 Å². The fourth-order valence-corrected chi connectivity index (χ4v) is 4.60. The van der Waals surface area contributed by atoms with Crippen LogP contribution in [0.2, 0.25) is 0 Å². The minimum Gasteiger partial charge on any atom is -0.453 e. The summed E-state index contributed by atoms with van der Waals surface area (Å²) in [7, 11) is -3.36. The zero-order valence-corrected chi connectivity index (χ0v) is 16.6. The first kappa shape index (κ1) is 19.4. The highest BCUT2D eigenvalue weighted by atomic mass is 32.2. The lowest BCUT2D eigenvalue weighted by Gasteiger charge is -2.29. The molecule has 1 aliphatic heterocycles. The summed E-state index contributed by atoms with van der Waals surface area (Å²) in [5, 5.41) is 3.85. The summed E-state index contributed by atoms with van der Waals surface area (Å²) >= 11 is 0.941. The van der Waals surface area contributed by atoms with Crippen LogP contribution < -0.4 is 4.31 Å². The maximum absolute atomic E-state index is 12.4. The predicted molar refractivity (Wildman–Crippen MR) is 101 cm³/mol. The number of carbonyl (C=O) groups is 2. The average Bonchev–Trinajstić information content (AvgIpc) is 3.13. The van der Waals surface area contributed by atoms with Gasteiger partial charge in [-0.05, 0) is 54.6 Å². The van der Waals surface area contributed by atoms with Crippen molar-refractivity contribution in [2.24, 2.45) is 0 Å². The van der Waals surface area contributed by atoms with Gasteiger partial charge < -0.3 is 4.74 Å². The van der Waals surface area contributed by atoms with Crippen molar-refractivity contribution in [3.05, 3.63) is 39.9 Å². The molecule has 27 heavy (non-hydrogen) atoms. The maximum atomic E-state index is 12.4. The second-order valence-electron chi connectivity index (χ2n) is 6.18. The maximum Gasteiger partial charge on any atom is 0.352 e. The molecule has 2 heterocycles. The van der Waals surface area contributed by atoms with Gasteiger partial charge in [0.2, 0.25) is 10.0 Å². The molecule has 0 N–H and O–H groups in total. The molecule has 0 aliphatic carbocycles. The minimum atomic E-state index is -3.36. The molecular weight excluding hydrogens is 390 g/mol. The lowest BCUT2D eigenvalue weighted by molar-refractivity contribution is 0.0478. The normalized spacial score (nSPS) is 13.9. The molecule has 0 unspecified atom stereocenters. The van der Waals surface area contributed by atoms with E-state index in [0.29, 0.717) is 47.6 Å². The third-order valence-corrected chi connectivity index (χ3v) is 6.22. The Morgan fingerprint density at radius 1 is 1.33 bits per heavy atom. The number of ether oxygens (including phenoxy) is 1. The van der Waals surface area contributed by atoms with Crippen molar-refractivity contribution in [3.63, 3.8) is 0 Å². The Labute approximate surface area is 161 Å². The zero-order chi connectivity index (χ0) is 19.6. The topological polar surface area (TPSA) is 107 Å². The Kier molecular flexibility index (Phi) is 5.56. The van der Waals surface area contributed by atoms with Gasteiger partial charge in [-0.3, -0.25) is 9.10 Å². The van der Waals surface area contributed by atoms with Crippen LogP contribution in [0.1, 0.15) is 44.6 Å². The van der Waals surface area contributed by atoms with Crippen LogP contribution in [-0.2, 0) is 27.6 Å². The van der Waals surface area contributed by atoms with E-state index in [9.17, 15) is 18.0 Å². The van der Waals surface area contributed by atoms with Crippen LogP contribution in [0.3, 0.4) is 0 Å².